The molecule has 84 valence electrons. The van der Waals surface area contributed by atoms with E-state index in [2.05, 4.69) is 5.32 Å². The van der Waals surface area contributed by atoms with Gasteiger partial charge in [-0.3, -0.25) is 0 Å². The molecule has 1 saturated carbocycles. The third kappa shape index (κ3) is 2.94. The highest BCUT2D eigenvalue weighted by Gasteiger charge is 2.34. The van der Waals surface area contributed by atoms with Crippen LogP contribution < -0.4 is 5.32 Å². The lowest BCUT2D eigenvalue weighted by molar-refractivity contribution is -0.0405. The average Bonchev–Trinajstić information content (AvgIpc) is 2.00. The molecule has 0 aromatic rings. The summed E-state index contributed by atoms with van der Waals surface area (Å²) in [4.78, 5) is 0. The second-order valence-corrected chi connectivity index (χ2v) is 5.19. The maximum atomic E-state index is 9.94. The Labute approximate surface area is 86.5 Å². The Kier molecular flexibility index (Phi) is 3.56. The van der Waals surface area contributed by atoms with E-state index in [0.29, 0.717) is 13.1 Å². The van der Waals surface area contributed by atoms with Crippen molar-refractivity contribution in [2.45, 2.75) is 51.2 Å². The van der Waals surface area contributed by atoms with Gasteiger partial charge in [-0.2, -0.15) is 0 Å². The fourth-order valence-corrected chi connectivity index (χ4v) is 1.51. The van der Waals surface area contributed by atoms with Crippen LogP contribution in [0.1, 0.15) is 40.0 Å². The molecule has 1 atom stereocenters. The van der Waals surface area contributed by atoms with Crippen LogP contribution in [0.5, 0.6) is 0 Å². The Balaban J connectivity index is 2.20. The summed E-state index contributed by atoms with van der Waals surface area (Å²) in [6.45, 7) is 6.98. The first-order valence-corrected chi connectivity index (χ1v) is 5.51. The van der Waals surface area contributed by atoms with Gasteiger partial charge in [0.1, 0.15) is 0 Å². The van der Waals surface area contributed by atoms with Crippen LogP contribution in [0, 0.1) is 5.92 Å². The van der Waals surface area contributed by atoms with E-state index in [-0.39, 0.29) is 5.92 Å². The number of aliphatic hydroxyl groups is 2. The van der Waals surface area contributed by atoms with Crippen molar-refractivity contribution >= 4 is 0 Å². The summed E-state index contributed by atoms with van der Waals surface area (Å²) in [7, 11) is 0. The Hall–Kier alpha value is -0.120. The lowest BCUT2D eigenvalue weighted by atomic mass is 9.80. The minimum Gasteiger partial charge on any atom is -0.389 e. The summed E-state index contributed by atoms with van der Waals surface area (Å²) in [5.74, 6) is 0.228. The topological polar surface area (TPSA) is 52.5 Å². The fourth-order valence-electron chi connectivity index (χ4n) is 1.51. The van der Waals surface area contributed by atoms with E-state index in [1.54, 1.807) is 0 Å². The Bertz CT molecular complexity index is 186. The second kappa shape index (κ2) is 4.17. The molecule has 0 saturated heterocycles. The second-order valence-electron chi connectivity index (χ2n) is 5.19. The molecule has 0 radical (unpaired) electrons. The van der Waals surface area contributed by atoms with Gasteiger partial charge >= 0.3 is 0 Å². The van der Waals surface area contributed by atoms with E-state index in [1.807, 2.05) is 20.8 Å². The summed E-state index contributed by atoms with van der Waals surface area (Å²) >= 11 is 0. The molecule has 1 rings (SSSR count). The SMILES string of the molecule is CC(C)C(C)(O)CNCC1(O)CCC1. The van der Waals surface area contributed by atoms with Crippen LogP contribution in [-0.2, 0) is 0 Å². The molecule has 0 aliphatic heterocycles. The zero-order valence-electron chi connectivity index (χ0n) is 9.51. The van der Waals surface area contributed by atoms with Crippen molar-refractivity contribution in [2.75, 3.05) is 13.1 Å². The fraction of sp³-hybridized carbons (Fsp3) is 1.00. The molecule has 0 aromatic heterocycles. The maximum Gasteiger partial charge on any atom is 0.0771 e. The predicted octanol–water partition coefficient (Wildman–Crippen LogP) is 0.898. The molecule has 3 heteroatoms. The van der Waals surface area contributed by atoms with Gasteiger partial charge in [0.25, 0.3) is 0 Å². The van der Waals surface area contributed by atoms with Crippen LogP contribution in [0.3, 0.4) is 0 Å². The van der Waals surface area contributed by atoms with E-state index in [9.17, 15) is 10.2 Å². The molecule has 14 heavy (non-hydrogen) atoms. The molecule has 0 bridgehead atoms. The van der Waals surface area contributed by atoms with Crippen molar-refractivity contribution in [1.82, 2.24) is 5.32 Å². The van der Waals surface area contributed by atoms with Gasteiger partial charge in [-0.15, -0.1) is 0 Å². The molecule has 3 N–H and O–H groups in total. The van der Waals surface area contributed by atoms with E-state index in [1.165, 1.54) is 0 Å². The minimum atomic E-state index is -0.680. The summed E-state index contributed by atoms with van der Waals surface area (Å²) in [6, 6.07) is 0. The Morgan fingerprint density at radius 1 is 1.43 bits per heavy atom. The van der Waals surface area contributed by atoms with Gasteiger partial charge in [0.15, 0.2) is 0 Å². The van der Waals surface area contributed by atoms with Gasteiger partial charge in [-0.1, -0.05) is 13.8 Å². The van der Waals surface area contributed by atoms with Crippen LogP contribution >= 0.6 is 0 Å². The standard InChI is InChI=1S/C11H23NO2/c1-9(2)10(3,13)7-12-8-11(14)5-4-6-11/h9,12-14H,4-8H2,1-3H3. The van der Waals surface area contributed by atoms with Gasteiger partial charge < -0.3 is 15.5 Å². The first-order valence-electron chi connectivity index (χ1n) is 5.51. The third-order valence-corrected chi connectivity index (χ3v) is 3.47. The monoisotopic (exact) mass is 201 g/mol. The zero-order chi connectivity index (χ0) is 10.8. The number of rotatable bonds is 5. The predicted molar refractivity (Wildman–Crippen MR) is 57.1 cm³/mol. The molecular weight excluding hydrogens is 178 g/mol. The van der Waals surface area contributed by atoms with Crippen molar-refractivity contribution in [3.63, 3.8) is 0 Å². The van der Waals surface area contributed by atoms with Crippen LogP contribution in [0.2, 0.25) is 0 Å². The van der Waals surface area contributed by atoms with Crippen molar-refractivity contribution in [2.24, 2.45) is 5.92 Å². The van der Waals surface area contributed by atoms with Gasteiger partial charge in [-0.05, 0) is 32.1 Å². The lowest BCUT2D eigenvalue weighted by Gasteiger charge is -2.38. The third-order valence-electron chi connectivity index (χ3n) is 3.47. The lowest BCUT2D eigenvalue weighted by Crippen LogP contribution is -2.50. The van der Waals surface area contributed by atoms with Crippen LogP contribution in [0.15, 0.2) is 0 Å². The smallest absolute Gasteiger partial charge is 0.0771 e. The van der Waals surface area contributed by atoms with Crippen LogP contribution in [0.25, 0.3) is 0 Å². The first kappa shape index (κ1) is 12.0. The number of hydrogen-bond donors (Lipinski definition) is 3. The summed E-state index contributed by atoms with van der Waals surface area (Å²) in [6.07, 6.45) is 2.91. The molecule has 0 aromatic carbocycles. The molecule has 1 aliphatic carbocycles. The largest absolute Gasteiger partial charge is 0.389 e. The molecule has 0 heterocycles. The zero-order valence-corrected chi connectivity index (χ0v) is 9.51. The van der Waals surface area contributed by atoms with Gasteiger partial charge in [0.05, 0.1) is 11.2 Å². The minimum absolute atomic E-state index is 0.228. The van der Waals surface area contributed by atoms with E-state index in [4.69, 9.17) is 0 Å². The summed E-state index contributed by atoms with van der Waals surface area (Å²) in [5.41, 5.74) is -1.17. The summed E-state index contributed by atoms with van der Waals surface area (Å²) in [5, 5.41) is 22.9. The average molecular weight is 201 g/mol. The van der Waals surface area contributed by atoms with Crippen molar-refractivity contribution in [1.29, 1.82) is 0 Å². The van der Waals surface area contributed by atoms with Gasteiger partial charge in [0, 0.05) is 13.1 Å². The molecule has 3 nitrogen and oxygen atoms in total. The maximum absolute atomic E-state index is 9.94. The van der Waals surface area contributed by atoms with Crippen molar-refractivity contribution < 1.29 is 10.2 Å². The van der Waals surface area contributed by atoms with Crippen LogP contribution in [0.4, 0.5) is 0 Å². The Morgan fingerprint density at radius 3 is 2.36 bits per heavy atom. The summed E-state index contributed by atoms with van der Waals surface area (Å²) < 4.78 is 0. The normalized spacial score (nSPS) is 24.4. The van der Waals surface area contributed by atoms with Crippen molar-refractivity contribution in [3.05, 3.63) is 0 Å². The van der Waals surface area contributed by atoms with Gasteiger partial charge in [0.2, 0.25) is 0 Å². The first-order chi connectivity index (χ1) is 6.36. The molecule has 0 spiro atoms. The molecule has 1 aliphatic rings. The molecule has 0 amide bonds. The van der Waals surface area contributed by atoms with Gasteiger partial charge in [-0.25, -0.2) is 0 Å². The highest BCUT2D eigenvalue weighted by molar-refractivity contribution is 4.90. The van der Waals surface area contributed by atoms with Crippen LogP contribution in [-0.4, -0.2) is 34.5 Å². The van der Waals surface area contributed by atoms with Crippen molar-refractivity contribution in [3.8, 4) is 0 Å². The molecule has 1 fully saturated rings. The highest BCUT2D eigenvalue weighted by Crippen LogP contribution is 2.30. The Morgan fingerprint density at radius 2 is 2.00 bits per heavy atom. The molecule has 1 unspecified atom stereocenters. The highest BCUT2D eigenvalue weighted by atomic mass is 16.3. The molecular formula is C11H23NO2. The van der Waals surface area contributed by atoms with E-state index >= 15 is 0 Å². The quantitative estimate of drug-likeness (QED) is 0.619. The number of hydrogen-bond acceptors (Lipinski definition) is 3. The van der Waals surface area contributed by atoms with E-state index < -0.39 is 11.2 Å². The number of nitrogens with one attached hydrogen (secondary N) is 1. The van der Waals surface area contributed by atoms with E-state index in [0.717, 1.165) is 19.3 Å².